The van der Waals surface area contributed by atoms with Gasteiger partial charge in [-0.1, -0.05) is 37.6 Å². The molecule has 1 aliphatic rings. The zero-order chi connectivity index (χ0) is 20.1. The highest BCUT2D eigenvalue weighted by Gasteiger charge is 2.25. The van der Waals surface area contributed by atoms with Gasteiger partial charge in [0.2, 0.25) is 10.0 Å². The highest BCUT2D eigenvalue weighted by Crippen LogP contribution is 2.31. The maximum atomic E-state index is 12.8. The molecule has 0 radical (unpaired) electrons. The van der Waals surface area contributed by atoms with Crippen LogP contribution in [0, 0.1) is 0 Å². The smallest absolute Gasteiger partial charge is 0.251 e. The molecular formula is C21H26N2O4S. The standard InChI is InChI=1S/C21H26N2O4S/c1-3-4-13-22-28(25,26)20-14-16(10-12-19(20)27-2)21(24)23-18-11-9-15-7-5-6-8-17(15)18/h5-8,10,12,14,18,22H,3-4,9,11,13H2,1-2H3,(H,23,24)/t18-/m0/s1. The van der Waals surface area contributed by atoms with Crippen molar-refractivity contribution >= 4 is 15.9 Å². The monoisotopic (exact) mass is 402 g/mol. The molecule has 6 nitrogen and oxygen atoms in total. The molecule has 2 aromatic carbocycles. The second-order valence-electron chi connectivity index (χ2n) is 6.88. The summed E-state index contributed by atoms with van der Waals surface area (Å²) in [6.07, 6.45) is 3.38. The van der Waals surface area contributed by atoms with Gasteiger partial charge < -0.3 is 10.1 Å². The first-order valence-corrected chi connectivity index (χ1v) is 11.0. The Bertz CT molecular complexity index is 957. The number of carbonyl (C=O) groups excluding carboxylic acids is 1. The third-order valence-corrected chi connectivity index (χ3v) is 6.46. The molecule has 1 atom stereocenters. The van der Waals surface area contributed by atoms with Gasteiger partial charge in [-0.15, -0.1) is 0 Å². The van der Waals surface area contributed by atoms with Crippen LogP contribution in [0.2, 0.25) is 0 Å². The molecule has 0 saturated carbocycles. The van der Waals surface area contributed by atoms with E-state index in [1.807, 2.05) is 25.1 Å². The average Bonchev–Trinajstić information content (AvgIpc) is 3.10. The van der Waals surface area contributed by atoms with Crippen molar-refractivity contribution in [3.63, 3.8) is 0 Å². The molecule has 150 valence electrons. The number of aryl methyl sites for hydroxylation is 1. The minimum atomic E-state index is -3.76. The van der Waals surface area contributed by atoms with Gasteiger partial charge in [-0.25, -0.2) is 13.1 Å². The highest BCUT2D eigenvalue weighted by molar-refractivity contribution is 7.89. The summed E-state index contributed by atoms with van der Waals surface area (Å²) in [7, 11) is -2.35. The number of amides is 1. The van der Waals surface area contributed by atoms with Gasteiger partial charge in [0.1, 0.15) is 10.6 Å². The van der Waals surface area contributed by atoms with E-state index in [2.05, 4.69) is 16.1 Å². The summed E-state index contributed by atoms with van der Waals surface area (Å²) in [4.78, 5) is 12.8. The van der Waals surface area contributed by atoms with Crippen LogP contribution in [0.1, 0.15) is 53.7 Å². The Morgan fingerprint density at radius 2 is 2.00 bits per heavy atom. The van der Waals surface area contributed by atoms with Gasteiger partial charge in [-0.05, 0) is 48.6 Å². The minimum Gasteiger partial charge on any atom is -0.495 e. The first kappa shape index (κ1) is 20.4. The predicted molar refractivity (Wildman–Crippen MR) is 108 cm³/mol. The zero-order valence-corrected chi connectivity index (χ0v) is 17.0. The molecule has 0 aliphatic heterocycles. The molecule has 2 N–H and O–H groups in total. The van der Waals surface area contributed by atoms with Crippen LogP contribution in [0.4, 0.5) is 0 Å². The van der Waals surface area contributed by atoms with E-state index in [9.17, 15) is 13.2 Å². The summed E-state index contributed by atoms with van der Waals surface area (Å²) >= 11 is 0. The molecular weight excluding hydrogens is 376 g/mol. The number of methoxy groups -OCH3 is 1. The third-order valence-electron chi connectivity index (χ3n) is 4.98. The molecule has 0 spiro atoms. The Morgan fingerprint density at radius 1 is 1.21 bits per heavy atom. The number of ether oxygens (including phenoxy) is 1. The average molecular weight is 403 g/mol. The summed E-state index contributed by atoms with van der Waals surface area (Å²) in [5, 5.41) is 3.02. The second-order valence-corrected chi connectivity index (χ2v) is 8.62. The first-order valence-electron chi connectivity index (χ1n) is 9.52. The summed E-state index contributed by atoms with van der Waals surface area (Å²) in [5.74, 6) is -0.0823. The SMILES string of the molecule is CCCCNS(=O)(=O)c1cc(C(=O)N[C@H]2CCc3ccccc32)ccc1OC. The first-order chi connectivity index (χ1) is 13.5. The Morgan fingerprint density at radius 3 is 2.75 bits per heavy atom. The van der Waals surface area contributed by atoms with Gasteiger partial charge in [0, 0.05) is 12.1 Å². The second kappa shape index (κ2) is 8.75. The lowest BCUT2D eigenvalue weighted by atomic mass is 10.1. The van der Waals surface area contributed by atoms with Crippen molar-refractivity contribution in [3.05, 3.63) is 59.2 Å². The third kappa shape index (κ3) is 4.36. The van der Waals surface area contributed by atoms with Crippen molar-refractivity contribution in [1.29, 1.82) is 0 Å². The number of rotatable bonds is 8. The van der Waals surface area contributed by atoms with Crippen molar-refractivity contribution in [2.75, 3.05) is 13.7 Å². The molecule has 1 amide bonds. The van der Waals surface area contributed by atoms with E-state index in [1.54, 1.807) is 6.07 Å². The lowest BCUT2D eigenvalue weighted by molar-refractivity contribution is 0.0936. The Kier molecular flexibility index (Phi) is 6.36. The fraction of sp³-hybridized carbons (Fsp3) is 0.381. The van der Waals surface area contributed by atoms with Crippen LogP contribution >= 0.6 is 0 Å². The summed E-state index contributed by atoms with van der Waals surface area (Å²) in [6.45, 7) is 2.33. The van der Waals surface area contributed by atoms with Gasteiger partial charge in [-0.2, -0.15) is 0 Å². The number of carbonyl (C=O) groups is 1. The number of nitrogens with one attached hydrogen (secondary N) is 2. The highest BCUT2D eigenvalue weighted by atomic mass is 32.2. The number of fused-ring (bicyclic) bond motifs is 1. The van der Waals surface area contributed by atoms with E-state index in [0.29, 0.717) is 12.1 Å². The quantitative estimate of drug-likeness (QED) is 0.664. The maximum absolute atomic E-state index is 12.8. The molecule has 2 aromatic rings. The van der Waals surface area contributed by atoms with Crippen LogP contribution in [0.15, 0.2) is 47.4 Å². The van der Waals surface area contributed by atoms with E-state index < -0.39 is 10.0 Å². The van der Waals surface area contributed by atoms with Crippen LogP contribution in [0.25, 0.3) is 0 Å². The van der Waals surface area contributed by atoms with Crippen molar-refractivity contribution in [2.45, 2.75) is 43.5 Å². The van der Waals surface area contributed by atoms with E-state index in [-0.39, 0.29) is 22.6 Å². The Balaban J connectivity index is 1.82. The molecule has 0 unspecified atom stereocenters. The molecule has 7 heteroatoms. The normalized spacial score (nSPS) is 15.9. The van der Waals surface area contributed by atoms with Gasteiger partial charge in [0.05, 0.1) is 13.2 Å². The van der Waals surface area contributed by atoms with Crippen LogP contribution in [-0.2, 0) is 16.4 Å². The van der Waals surface area contributed by atoms with Gasteiger partial charge >= 0.3 is 0 Å². The largest absolute Gasteiger partial charge is 0.495 e. The summed E-state index contributed by atoms with van der Waals surface area (Å²) < 4.78 is 33.1. The van der Waals surface area contributed by atoms with Crippen molar-refractivity contribution in [3.8, 4) is 5.75 Å². The lowest BCUT2D eigenvalue weighted by Gasteiger charge is -2.16. The zero-order valence-electron chi connectivity index (χ0n) is 16.2. The van der Waals surface area contributed by atoms with E-state index in [0.717, 1.165) is 31.2 Å². The number of hydrogen-bond acceptors (Lipinski definition) is 4. The number of sulfonamides is 1. The number of unbranched alkanes of at least 4 members (excludes halogenated alkanes) is 1. The fourth-order valence-electron chi connectivity index (χ4n) is 3.44. The van der Waals surface area contributed by atoms with Crippen LogP contribution in [-0.4, -0.2) is 28.0 Å². The molecule has 1 aliphatic carbocycles. The van der Waals surface area contributed by atoms with E-state index >= 15 is 0 Å². The lowest BCUT2D eigenvalue weighted by Crippen LogP contribution is -2.28. The summed E-state index contributed by atoms with van der Waals surface area (Å²) in [6, 6.07) is 12.5. The number of hydrogen-bond donors (Lipinski definition) is 2. The van der Waals surface area contributed by atoms with Crippen molar-refractivity contribution < 1.29 is 17.9 Å². The number of benzene rings is 2. The molecule has 0 fully saturated rings. The molecule has 0 heterocycles. The van der Waals surface area contributed by atoms with E-state index in [1.165, 1.54) is 24.8 Å². The Hall–Kier alpha value is -2.38. The molecule has 0 aromatic heterocycles. The van der Waals surface area contributed by atoms with Gasteiger partial charge in [0.15, 0.2) is 0 Å². The summed E-state index contributed by atoms with van der Waals surface area (Å²) in [5.41, 5.74) is 2.66. The van der Waals surface area contributed by atoms with Crippen molar-refractivity contribution in [2.24, 2.45) is 0 Å². The van der Waals surface area contributed by atoms with Crippen LogP contribution in [0.3, 0.4) is 0 Å². The topological polar surface area (TPSA) is 84.5 Å². The minimum absolute atomic E-state index is 0.0226. The molecule has 0 bridgehead atoms. The van der Waals surface area contributed by atoms with Gasteiger partial charge in [0.25, 0.3) is 5.91 Å². The van der Waals surface area contributed by atoms with Gasteiger partial charge in [-0.3, -0.25) is 4.79 Å². The van der Waals surface area contributed by atoms with Crippen LogP contribution < -0.4 is 14.8 Å². The maximum Gasteiger partial charge on any atom is 0.251 e. The molecule has 0 saturated heterocycles. The fourth-order valence-corrected chi connectivity index (χ4v) is 4.70. The molecule has 28 heavy (non-hydrogen) atoms. The van der Waals surface area contributed by atoms with Crippen molar-refractivity contribution in [1.82, 2.24) is 10.0 Å². The predicted octanol–water partition coefficient (Wildman–Crippen LogP) is 3.19. The Labute approximate surface area is 166 Å². The van der Waals surface area contributed by atoms with E-state index in [4.69, 9.17) is 4.74 Å². The van der Waals surface area contributed by atoms with Crippen LogP contribution in [0.5, 0.6) is 5.75 Å². The molecule has 3 rings (SSSR count).